The lowest BCUT2D eigenvalue weighted by molar-refractivity contribution is 0.104. The highest BCUT2D eigenvalue weighted by Crippen LogP contribution is 2.26. The number of allylic oxidation sites excluding steroid dienone is 2. The van der Waals surface area contributed by atoms with Crippen LogP contribution in [0, 0.1) is 0 Å². The molecule has 2 aromatic rings. The Hall–Kier alpha value is -1.76. The van der Waals surface area contributed by atoms with E-state index in [-0.39, 0.29) is 20.9 Å². The van der Waals surface area contributed by atoms with Crippen molar-refractivity contribution in [1.29, 1.82) is 0 Å². The number of hydrogen-bond acceptors (Lipinski definition) is 3. The Morgan fingerprint density at radius 2 is 1.57 bits per heavy atom. The summed E-state index contributed by atoms with van der Waals surface area (Å²) in [6.07, 6.45) is 1.41. The first-order valence-electron chi connectivity index (χ1n) is 6.50. The van der Waals surface area contributed by atoms with Crippen molar-refractivity contribution >= 4 is 49.0 Å². The largest absolute Gasteiger partial charge is 0.288 e. The van der Waals surface area contributed by atoms with E-state index in [1.54, 1.807) is 24.3 Å². The highest BCUT2D eigenvalue weighted by Gasteiger charge is 2.24. The molecule has 116 valence electrons. The summed E-state index contributed by atoms with van der Waals surface area (Å²) in [5, 5.41) is 0.438. The monoisotopic (exact) mass is 409 g/mol. The predicted molar refractivity (Wildman–Crippen MR) is 93.0 cm³/mol. The molecule has 0 unspecified atom stereocenters. The van der Waals surface area contributed by atoms with Crippen molar-refractivity contribution in [2.24, 2.45) is 4.40 Å². The number of carbonyl (C=O) groups is 1. The molecule has 3 rings (SSSR count). The van der Waals surface area contributed by atoms with Crippen molar-refractivity contribution in [3.63, 3.8) is 0 Å². The lowest BCUT2D eigenvalue weighted by Gasteiger charge is -2.14. The SMILES string of the molecule is O=C1C(Br)=CC(=NS(=O)(=O)c2ccc(Cl)cc2)c2ccccc21. The van der Waals surface area contributed by atoms with Crippen molar-refractivity contribution in [3.8, 4) is 0 Å². The molecule has 0 fully saturated rings. The fourth-order valence-electron chi connectivity index (χ4n) is 2.16. The van der Waals surface area contributed by atoms with Gasteiger partial charge in [-0.3, -0.25) is 4.79 Å². The summed E-state index contributed by atoms with van der Waals surface area (Å²) in [5.74, 6) is -0.205. The molecule has 0 spiro atoms. The average Bonchev–Trinajstić information content (AvgIpc) is 2.52. The summed E-state index contributed by atoms with van der Waals surface area (Å²) in [7, 11) is -3.91. The Kier molecular flexibility index (Phi) is 4.23. The smallest absolute Gasteiger partial charge is 0.282 e. The molecule has 0 aromatic heterocycles. The molecule has 0 bridgehead atoms. The van der Waals surface area contributed by atoms with Gasteiger partial charge in [0.1, 0.15) is 0 Å². The minimum atomic E-state index is -3.91. The van der Waals surface area contributed by atoms with Crippen LogP contribution in [0.5, 0.6) is 0 Å². The molecule has 1 aliphatic carbocycles. The maximum absolute atomic E-state index is 12.4. The van der Waals surface area contributed by atoms with E-state index in [1.165, 1.54) is 30.3 Å². The van der Waals surface area contributed by atoms with Crippen molar-refractivity contribution in [1.82, 2.24) is 0 Å². The van der Waals surface area contributed by atoms with Crippen LogP contribution in [0.2, 0.25) is 5.02 Å². The molecule has 2 aromatic carbocycles. The first-order chi connectivity index (χ1) is 10.9. The highest BCUT2D eigenvalue weighted by molar-refractivity contribution is 9.12. The lowest BCUT2D eigenvalue weighted by Crippen LogP contribution is -2.16. The second-order valence-corrected chi connectivity index (χ2v) is 7.67. The molecule has 23 heavy (non-hydrogen) atoms. The first kappa shape index (κ1) is 16.1. The van der Waals surface area contributed by atoms with E-state index in [0.717, 1.165) is 0 Å². The number of hydrogen-bond donors (Lipinski definition) is 0. The van der Waals surface area contributed by atoms with E-state index in [2.05, 4.69) is 20.3 Å². The zero-order chi connectivity index (χ0) is 16.6. The summed E-state index contributed by atoms with van der Waals surface area (Å²) in [6, 6.07) is 12.5. The van der Waals surface area contributed by atoms with Crippen molar-refractivity contribution in [3.05, 3.63) is 75.2 Å². The van der Waals surface area contributed by atoms with Crippen LogP contribution in [-0.2, 0) is 10.0 Å². The van der Waals surface area contributed by atoms with E-state index in [0.29, 0.717) is 16.1 Å². The van der Waals surface area contributed by atoms with Gasteiger partial charge >= 0.3 is 0 Å². The van der Waals surface area contributed by atoms with E-state index >= 15 is 0 Å². The standard InChI is InChI=1S/C16H9BrClNO3S/c17-14-9-15(12-3-1-2-4-13(12)16(14)20)19-23(21,22)11-7-5-10(18)6-8-11/h1-9H. The fraction of sp³-hybridized carbons (Fsp3) is 0. The summed E-state index contributed by atoms with van der Waals surface area (Å²) >= 11 is 8.93. The summed E-state index contributed by atoms with van der Waals surface area (Å²) in [5.41, 5.74) is 1.10. The summed E-state index contributed by atoms with van der Waals surface area (Å²) in [6.45, 7) is 0. The number of Topliss-reactive ketones (excluding diaryl/α,β-unsaturated/α-hetero) is 1. The Balaban J connectivity index is 2.15. The minimum absolute atomic E-state index is 0.0355. The number of rotatable bonds is 2. The molecule has 0 heterocycles. The van der Waals surface area contributed by atoms with E-state index in [4.69, 9.17) is 11.6 Å². The van der Waals surface area contributed by atoms with Gasteiger partial charge in [0.15, 0.2) is 0 Å². The van der Waals surface area contributed by atoms with Gasteiger partial charge in [-0.15, -0.1) is 0 Å². The molecule has 0 aliphatic heterocycles. The van der Waals surface area contributed by atoms with Gasteiger partial charge in [0.05, 0.1) is 15.1 Å². The third kappa shape index (κ3) is 3.15. The Morgan fingerprint density at radius 3 is 2.22 bits per heavy atom. The minimum Gasteiger partial charge on any atom is -0.288 e. The maximum atomic E-state index is 12.4. The Labute approximate surface area is 146 Å². The number of ketones is 1. The van der Waals surface area contributed by atoms with Crippen molar-refractivity contribution < 1.29 is 13.2 Å². The third-order valence-electron chi connectivity index (χ3n) is 3.26. The van der Waals surface area contributed by atoms with Gasteiger partial charge in [-0.1, -0.05) is 35.9 Å². The summed E-state index contributed by atoms with van der Waals surface area (Å²) < 4.78 is 29.0. The highest BCUT2D eigenvalue weighted by atomic mass is 79.9. The molecular weight excluding hydrogens is 402 g/mol. The molecule has 0 saturated heterocycles. The molecule has 7 heteroatoms. The molecule has 0 saturated carbocycles. The van der Waals surface area contributed by atoms with E-state index in [9.17, 15) is 13.2 Å². The normalized spacial score (nSPS) is 16.2. The number of nitrogens with zero attached hydrogens (tertiary/aromatic N) is 1. The predicted octanol–water partition coefficient (Wildman–Crippen LogP) is 3.99. The van der Waals surface area contributed by atoms with E-state index < -0.39 is 10.0 Å². The van der Waals surface area contributed by atoms with Gasteiger partial charge in [0, 0.05) is 16.1 Å². The van der Waals surface area contributed by atoms with Gasteiger partial charge in [0.25, 0.3) is 10.0 Å². The molecule has 0 radical (unpaired) electrons. The second-order valence-electron chi connectivity index (χ2n) is 4.77. The number of benzene rings is 2. The van der Waals surface area contributed by atoms with Gasteiger partial charge in [-0.25, -0.2) is 0 Å². The third-order valence-corrected chi connectivity index (χ3v) is 5.40. The number of carbonyl (C=O) groups excluding carboxylic acids is 1. The fourth-order valence-corrected chi connectivity index (χ4v) is 3.71. The van der Waals surface area contributed by atoms with Crippen LogP contribution < -0.4 is 0 Å². The Morgan fingerprint density at radius 1 is 0.957 bits per heavy atom. The second kappa shape index (κ2) is 6.03. The van der Waals surface area contributed by atoms with Crippen molar-refractivity contribution in [2.75, 3.05) is 0 Å². The van der Waals surface area contributed by atoms with Crippen LogP contribution in [0.15, 0.2) is 68.4 Å². The quantitative estimate of drug-likeness (QED) is 0.752. The van der Waals surface area contributed by atoms with Crippen LogP contribution in [-0.4, -0.2) is 19.9 Å². The maximum Gasteiger partial charge on any atom is 0.282 e. The van der Waals surface area contributed by atoms with Crippen LogP contribution in [0.4, 0.5) is 0 Å². The zero-order valence-electron chi connectivity index (χ0n) is 11.5. The molecular formula is C16H9BrClNO3S. The first-order valence-corrected chi connectivity index (χ1v) is 9.11. The van der Waals surface area contributed by atoms with E-state index in [1.807, 2.05) is 0 Å². The average molecular weight is 411 g/mol. The Bertz CT molecular complexity index is 963. The van der Waals surface area contributed by atoms with Gasteiger partial charge in [0.2, 0.25) is 5.78 Å². The molecule has 0 atom stereocenters. The van der Waals surface area contributed by atoms with Gasteiger partial charge in [-0.05, 0) is 46.3 Å². The zero-order valence-corrected chi connectivity index (χ0v) is 14.7. The molecule has 4 nitrogen and oxygen atoms in total. The lowest BCUT2D eigenvalue weighted by atomic mass is 9.94. The van der Waals surface area contributed by atoms with Crippen LogP contribution in [0.25, 0.3) is 0 Å². The van der Waals surface area contributed by atoms with Crippen LogP contribution in [0.3, 0.4) is 0 Å². The van der Waals surface area contributed by atoms with Crippen molar-refractivity contribution in [2.45, 2.75) is 4.90 Å². The summed E-state index contributed by atoms with van der Waals surface area (Å²) in [4.78, 5) is 12.1. The molecule has 1 aliphatic rings. The van der Waals surface area contributed by atoms with Crippen LogP contribution >= 0.6 is 27.5 Å². The topological polar surface area (TPSA) is 63.6 Å². The molecule has 0 N–H and O–H groups in total. The van der Waals surface area contributed by atoms with Crippen LogP contribution in [0.1, 0.15) is 15.9 Å². The number of sulfonamides is 1. The number of halogens is 2. The van der Waals surface area contributed by atoms with Gasteiger partial charge < -0.3 is 0 Å². The number of fused-ring (bicyclic) bond motifs is 1. The molecule has 0 amide bonds. The van der Waals surface area contributed by atoms with Gasteiger partial charge in [-0.2, -0.15) is 12.8 Å².